The summed E-state index contributed by atoms with van der Waals surface area (Å²) in [5.74, 6) is 1.26. The van der Waals surface area contributed by atoms with Crippen LogP contribution in [0.3, 0.4) is 0 Å². The van der Waals surface area contributed by atoms with Crippen molar-refractivity contribution in [1.29, 1.82) is 0 Å². The number of hydrogen-bond acceptors (Lipinski definition) is 2. The van der Waals surface area contributed by atoms with Crippen LogP contribution in [0.2, 0.25) is 0 Å². The first-order chi connectivity index (χ1) is 8.23. The normalized spacial score (nSPS) is 23.9. The molecule has 1 N–H and O–H groups in total. The van der Waals surface area contributed by atoms with Crippen LogP contribution in [0.15, 0.2) is 24.3 Å². The molecular weight excluding hydrogens is 214 g/mol. The SMILES string of the molecule is COc1ccc(NC(=O)C2CC23CCC3)cc1. The molecular formula is C14H17NO2. The molecule has 0 bridgehead atoms. The topological polar surface area (TPSA) is 38.3 Å². The van der Waals surface area contributed by atoms with Crippen LogP contribution in [0, 0.1) is 11.3 Å². The summed E-state index contributed by atoms with van der Waals surface area (Å²) < 4.78 is 5.08. The van der Waals surface area contributed by atoms with Crippen LogP contribution in [-0.2, 0) is 4.79 Å². The van der Waals surface area contributed by atoms with Crippen molar-refractivity contribution >= 4 is 11.6 Å². The van der Waals surface area contributed by atoms with E-state index in [-0.39, 0.29) is 11.8 Å². The van der Waals surface area contributed by atoms with E-state index in [1.54, 1.807) is 7.11 Å². The lowest BCUT2D eigenvalue weighted by molar-refractivity contribution is -0.118. The number of anilines is 1. The Hall–Kier alpha value is -1.51. The Balaban J connectivity index is 1.61. The Morgan fingerprint density at radius 3 is 2.53 bits per heavy atom. The molecule has 2 saturated carbocycles. The number of nitrogens with one attached hydrogen (secondary N) is 1. The van der Waals surface area contributed by atoms with Gasteiger partial charge in [0.25, 0.3) is 0 Å². The quantitative estimate of drug-likeness (QED) is 0.868. The Morgan fingerprint density at radius 2 is 2.06 bits per heavy atom. The summed E-state index contributed by atoms with van der Waals surface area (Å²) in [4.78, 5) is 12.0. The van der Waals surface area contributed by atoms with E-state index in [0.29, 0.717) is 5.41 Å². The van der Waals surface area contributed by atoms with Crippen molar-refractivity contribution in [2.45, 2.75) is 25.7 Å². The summed E-state index contributed by atoms with van der Waals surface area (Å²) in [7, 11) is 1.64. The lowest BCUT2D eigenvalue weighted by Gasteiger charge is -2.26. The van der Waals surface area contributed by atoms with E-state index in [9.17, 15) is 4.79 Å². The lowest BCUT2D eigenvalue weighted by Crippen LogP contribution is -2.23. The van der Waals surface area contributed by atoms with Gasteiger partial charge in [0.05, 0.1) is 7.11 Å². The molecule has 1 unspecified atom stereocenters. The van der Waals surface area contributed by atoms with Crippen LogP contribution in [0.1, 0.15) is 25.7 Å². The second-order valence-electron chi connectivity index (χ2n) is 5.19. The van der Waals surface area contributed by atoms with Crippen LogP contribution in [0.25, 0.3) is 0 Å². The Bertz CT molecular complexity index is 434. The van der Waals surface area contributed by atoms with Gasteiger partial charge in [0.2, 0.25) is 5.91 Å². The molecule has 3 heteroatoms. The maximum absolute atomic E-state index is 12.0. The van der Waals surface area contributed by atoms with Gasteiger partial charge in [-0.05, 0) is 48.9 Å². The third-order valence-electron chi connectivity index (χ3n) is 4.21. The zero-order chi connectivity index (χ0) is 11.9. The molecule has 3 rings (SSSR count). The standard InChI is InChI=1S/C14H17NO2/c1-17-11-5-3-10(4-6-11)15-13(16)12-9-14(12)7-2-8-14/h3-6,12H,2,7-9H2,1H3,(H,15,16). The zero-order valence-electron chi connectivity index (χ0n) is 10.0. The van der Waals surface area contributed by atoms with Gasteiger partial charge in [-0.2, -0.15) is 0 Å². The van der Waals surface area contributed by atoms with E-state index in [1.807, 2.05) is 24.3 Å². The molecule has 0 aromatic heterocycles. The molecule has 2 aliphatic rings. The Kier molecular flexibility index (Phi) is 2.35. The predicted octanol–water partition coefficient (Wildman–Crippen LogP) is 2.82. The molecule has 90 valence electrons. The van der Waals surface area contributed by atoms with Crippen molar-refractivity contribution in [3.05, 3.63) is 24.3 Å². The van der Waals surface area contributed by atoms with Crippen LogP contribution >= 0.6 is 0 Å². The van der Waals surface area contributed by atoms with Crippen molar-refractivity contribution < 1.29 is 9.53 Å². The number of methoxy groups -OCH3 is 1. The van der Waals surface area contributed by atoms with E-state index in [0.717, 1.165) is 17.9 Å². The molecule has 1 aromatic rings. The van der Waals surface area contributed by atoms with Crippen LogP contribution in [-0.4, -0.2) is 13.0 Å². The molecule has 3 nitrogen and oxygen atoms in total. The number of amides is 1. The van der Waals surface area contributed by atoms with Gasteiger partial charge in [0.1, 0.15) is 5.75 Å². The van der Waals surface area contributed by atoms with Crippen molar-refractivity contribution in [2.24, 2.45) is 11.3 Å². The summed E-state index contributed by atoms with van der Waals surface area (Å²) in [6, 6.07) is 7.49. The first-order valence-corrected chi connectivity index (χ1v) is 6.18. The van der Waals surface area contributed by atoms with Gasteiger partial charge in [-0.25, -0.2) is 0 Å². The molecule has 1 atom stereocenters. The second-order valence-corrected chi connectivity index (χ2v) is 5.19. The van der Waals surface area contributed by atoms with Gasteiger partial charge in [0.15, 0.2) is 0 Å². The highest BCUT2D eigenvalue weighted by atomic mass is 16.5. The summed E-state index contributed by atoms with van der Waals surface area (Å²) in [6.07, 6.45) is 4.88. The van der Waals surface area contributed by atoms with E-state index in [4.69, 9.17) is 4.74 Å². The van der Waals surface area contributed by atoms with E-state index < -0.39 is 0 Å². The first kappa shape index (κ1) is 10.6. The minimum Gasteiger partial charge on any atom is -0.497 e. The van der Waals surface area contributed by atoms with Crippen molar-refractivity contribution in [3.63, 3.8) is 0 Å². The molecule has 0 radical (unpaired) electrons. The fourth-order valence-electron chi connectivity index (χ4n) is 2.81. The third kappa shape index (κ3) is 1.79. The van der Waals surface area contributed by atoms with Crippen molar-refractivity contribution in [2.75, 3.05) is 12.4 Å². The van der Waals surface area contributed by atoms with Crippen molar-refractivity contribution in [1.82, 2.24) is 0 Å². The third-order valence-corrected chi connectivity index (χ3v) is 4.21. The largest absolute Gasteiger partial charge is 0.497 e. The summed E-state index contributed by atoms with van der Waals surface area (Å²) in [5.41, 5.74) is 1.26. The van der Waals surface area contributed by atoms with Crippen LogP contribution in [0.5, 0.6) is 5.75 Å². The Morgan fingerprint density at radius 1 is 1.35 bits per heavy atom. The highest BCUT2D eigenvalue weighted by molar-refractivity contribution is 5.95. The number of ether oxygens (including phenoxy) is 1. The zero-order valence-corrected chi connectivity index (χ0v) is 10.0. The molecule has 0 heterocycles. The van der Waals surface area contributed by atoms with Gasteiger partial charge in [0, 0.05) is 11.6 Å². The molecule has 0 saturated heterocycles. The van der Waals surface area contributed by atoms with Gasteiger partial charge in [-0.3, -0.25) is 4.79 Å². The van der Waals surface area contributed by atoms with Gasteiger partial charge in [-0.1, -0.05) is 6.42 Å². The predicted molar refractivity (Wildman–Crippen MR) is 66.0 cm³/mol. The smallest absolute Gasteiger partial charge is 0.228 e. The molecule has 2 aliphatic carbocycles. The van der Waals surface area contributed by atoms with E-state index >= 15 is 0 Å². The fraction of sp³-hybridized carbons (Fsp3) is 0.500. The van der Waals surface area contributed by atoms with E-state index in [2.05, 4.69) is 5.32 Å². The second kappa shape index (κ2) is 3.76. The highest BCUT2D eigenvalue weighted by Gasteiger charge is 2.60. The van der Waals surface area contributed by atoms with E-state index in [1.165, 1.54) is 19.3 Å². The molecule has 2 fully saturated rings. The number of hydrogen-bond donors (Lipinski definition) is 1. The summed E-state index contributed by atoms with van der Waals surface area (Å²) in [6.45, 7) is 0. The maximum atomic E-state index is 12.0. The van der Waals surface area contributed by atoms with Crippen LogP contribution in [0.4, 0.5) is 5.69 Å². The monoisotopic (exact) mass is 231 g/mol. The number of rotatable bonds is 3. The first-order valence-electron chi connectivity index (χ1n) is 6.18. The fourth-order valence-corrected chi connectivity index (χ4v) is 2.81. The van der Waals surface area contributed by atoms with Gasteiger partial charge in [-0.15, -0.1) is 0 Å². The molecule has 1 spiro atoms. The number of carbonyl (C=O) groups is 1. The van der Waals surface area contributed by atoms with Crippen molar-refractivity contribution in [3.8, 4) is 5.75 Å². The maximum Gasteiger partial charge on any atom is 0.228 e. The minimum absolute atomic E-state index is 0.190. The molecule has 1 amide bonds. The average molecular weight is 231 g/mol. The van der Waals surface area contributed by atoms with Crippen LogP contribution < -0.4 is 10.1 Å². The molecule has 17 heavy (non-hydrogen) atoms. The summed E-state index contributed by atoms with van der Waals surface area (Å²) >= 11 is 0. The molecule has 1 aromatic carbocycles. The Labute approximate surface area is 101 Å². The highest BCUT2D eigenvalue weighted by Crippen LogP contribution is 2.65. The number of carbonyl (C=O) groups excluding carboxylic acids is 1. The lowest BCUT2D eigenvalue weighted by atomic mass is 9.79. The van der Waals surface area contributed by atoms with Gasteiger partial charge >= 0.3 is 0 Å². The number of benzene rings is 1. The van der Waals surface area contributed by atoms with Gasteiger partial charge < -0.3 is 10.1 Å². The average Bonchev–Trinajstić information content (AvgIpc) is 3.05. The summed E-state index contributed by atoms with van der Waals surface area (Å²) in [5, 5.41) is 2.98. The molecule has 0 aliphatic heterocycles. The minimum atomic E-state index is 0.190.